The summed E-state index contributed by atoms with van der Waals surface area (Å²) in [5.74, 6) is 0.375. The Balaban J connectivity index is 2.13. The molecule has 0 radical (unpaired) electrons. The van der Waals surface area contributed by atoms with E-state index in [1.165, 1.54) is 36.0 Å². The quantitative estimate of drug-likeness (QED) is 0.265. The van der Waals surface area contributed by atoms with Crippen LogP contribution in [0.1, 0.15) is 55.2 Å². The molecule has 0 amide bonds. The van der Waals surface area contributed by atoms with E-state index in [4.69, 9.17) is 0 Å². The van der Waals surface area contributed by atoms with Gasteiger partial charge in [0, 0.05) is 5.92 Å². The van der Waals surface area contributed by atoms with E-state index in [2.05, 4.69) is 114 Å². The molecule has 26 heavy (non-hydrogen) atoms. The first-order chi connectivity index (χ1) is 12.8. The summed E-state index contributed by atoms with van der Waals surface area (Å²) in [6, 6.07) is 32.7. The average molecular weight is 407 g/mol. The molecular formula is C25H27Br. The van der Waals surface area contributed by atoms with Crippen molar-refractivity contribution in [1.82, 2.24) is 0 Å². The molecule has 0 aliphatic carbocycles. The van der Waals surface area contributed by atoms with E-state index in [0.29, 0.717) is 5.92 Å². The Bertz CT molecular complexity index is 726. The summed E-state index contributed by atoms with van der Waals surface area (Å²) in [6.45, 7) is 2.27. The SMILES string of the molecule is CCCCCC(c1ccccc1)C(Br)(c1ccccc1)c1ccccc1. The van der Waals surface area contributed by atoms with Crippen molar-refractivity contribution in [2.24, 2.45) is 0 Å². The molecule has 3 aromatic rings. The summed E-state index contributed by atoms with van der Waals surface area (Å²) < 4.78 is -0.232. The Kier molecular flexibility index (Phi) is 6.68. The van der Waals surface area contributed by atoms with Gasteiger partial charge in [0.05, 0.1) is 4.32 Å². The van der Waals surface area contributed by atoms with Crippen LogP contribution in [0, 0.1) is 0 Å². The van der Waals surface area contributed by atoms with Crippen LogP contribution >= 0.6 is 15.9 Å². The summed E-state index contributed by atoms with van der Waals surface area (Å²) in [5.41, 5.74) is 4.03. The summed E-state index contributed by atoms with van der Waals surface area (Å²) in [7, 11) is 0. The van der Waals surface area contributed by atoms with Crippen LogP contribution in [0.15, 0.2) is 91.0 Å². The summed E-state index contributed by atoms with van der Waals surface area (Å²) in [6.07, 6.45) is 4.92. The van der Waals surface area contributed by atoms with Gasteiger partial charge in [-0.25, -0.2) is 0 Å². The van der Waals surface area contributed by atoms with Gasteiger partial charge >= 0.3 is 0 Å². The number of alkyl halides is 1. The topological polar surface area (TPSA) is 0 Å². The Labute approximate surface area is 166 Å². The van der Waals surface area contributed by atoms with Gasteiger partial charge in [-0.3, -0.25) is 0 Å². The van der Waals surface area contributed by atoms with Crippen molar-refractivity contribution in [3.05, 3.63) is 108 Å². The Morgan fingerprint density at radius 1 is 0.692 bits per heavy atom. The molecule has 3 rings (SSSR count). The van der Waals surface area contributed by atoms with E-state index in [1.54, 1.807) is 0 Å². The Morgan fingerprint density at radius 2 is 1.15 bits per heavy atom. The van der Waals surface area contributed by atoms with Crippen molar-refractivity contribution < 1.29 is 0 Å². The summed E-state index contributed by atoms with van der Waals surface area (Å²) in [4.78, 5) is 0. The average Bonchev–Trinajstić information content (AvgIpc) is 2.73. The van der Waals surface area contributed by atoms with Gasteiger partial charge in [-0.1, -0.05) is 133 Å². The zero-order valence-electron chi connectivity index (χ0n) is 15.4. The van der Waals surface area contributed by atoms with E-state index < -0.39 is 0 Å². The lowest BCUT2D eigenvalue weighted by Crippen LogP contribution is -2.29. The molecule has 0 saturated heterocycles. The number of rotatable bonds is 8. The van der Waals surface area contributed by atoms with Gasteiger partial charge in [0.15, 0.2) is 0 Å². The van der Waals surface area contributed by atoms with Crippen molar-refractivity contribution in [3.8, 4) is 0 Å². The molecular weight excluding hydrogens is 380 g/mol. The van der Waals surface area contributed by atoms with Gasteiger partial charge in [0.2, 0.25) is 0 Å². The molecule has 0 spiro atoms. The minimum Gasteiger partial charge on any atom is -0.0742 e. The van der Waals surface area contributed by atoms with Crippen LogP contribution in [0.25, 0.3) is 0 Å². The number of hydrogen-bond acceptors (Lipinski definition) is 0. The van der Waals surface area contributed by atoms with E-state index in [0.717, 1.165) is 6.42 Å². The second-order valence-corrected chi connectivity index (χ2v) is 8.15. The van der Waals surface area contributed by atoms with Crippen molar-refractivity contribution in [2.75, 3.05) is 0 Å². The molecule has 0 aliphatic rings. The van der Waals surface area contributed by atoms with E-state index >= 15 is 0 Å². The fraction of sp³-hybridized carbons (Fsp3) is 0.280. The third-order valence-corrected chi connectivity index (χ3v) is 6.63. The molecule has 0 saturated carbocycles. The molecule has 0 fully saturated rings. The fourth-order valence-electron chi connectivity index (χ4n) is 3.81. The van der Waals surface area contributed by atoms with Crippen LogP contribution < -0.4 is 0 Å². The predicted octanol–water partition coefficient (Wildman–Crippen LogP) is 7.69. The lowest BCUT2D eigenvalue weighted by atomic mass is 9.74. The largest absolute Gasteiger partial charge is 0.0822 e. The zero-order chi connectivity index (χ0) is 18.2. The maximum atomic E-state index is 4.26. The molecule has 1 atom stereocenters. The molecule has 3 aromatic carbocycles. The van der Waals surface area contributed by atoms with Crippen LogP contribution in [0.5, 0.6) is 0 Å². The molecule has 0 nitrogen and oxygen atoms in total. The minimum atomic E-state index is -0.232. The molecule has 0 aliphatic heterocycles. The summed E-state index contributed by atoms with van der Waals surface area (Å²) >= 11 is 4.26. The first kappa shape index (κ1) is 18.9. The molecule has 0 heterocycles. The number of unbranched alkanes of at least 4 members (excludes halogenated alkanes) is 2. The van der Waals surface area contributed by atoms with Gasteiger partial charge in [0.25, 0.3) is 0 Å². The van der Waals surface area contributed by atoms with Crippen LogP contribution in [-0.2, 0) is 4.32 Å². The van der Waals surface area contributed by atoms with Crippen molar-refractivity contribution >= 4 is 15.9 Å². The Hall–Kier alpha value is -1.86. The summed E-state index contributed by atoms with van der Waals surface area (Å²) in [5, 5.41) is 0. The van der Waals surface area contributed by atoms with Crippen LogP contribution in [0.4, 0.5) is 0 Å². The number of hydrogen-bond donors (Lipinski definition) is 0. The molecule has 1 heteroatoms. The lowest BCUT2D eigenvalue weighted by molar-refractivity contribution is 0.497. The highest BCUT2D eigenvalue weighted by Crippen LogP contribution is 2.51. The smallest absolute Gasteiger partial charge is 0.0742 e. The molecule has 0 N–H and O–H groups in total. The third kappa shape index (κ3) is 4.10. The monoisotopic (exact) mass is 406 g/mol. The first-order valence-corrected chi connectivity index (χ1v) is 10.4. The van der Waals surface area contributed by atoms with E-state index in [-0.39, 0.29) is 4.32 Å². The zero-order valence-corrected chi connectivity index (χ0v) is 17.0. The van der Waals surface area contributed by atoms with Gasteiger partial charge in [-0.2, -0.15) is 0 Å². The highest BCUT2D eigenvalue weighted by atomic mass is 79.9. The molecule has 134 valence electrons. The van der Waals surface area contributed by atoms with Crippen LogP contribution in [-0.4, -0.2) is 0 Å². The van der Waals surface area contributed by atoms with Crippen LogP contribution in [0.2, 0.25) is 0 Å². The number of halogens is 1. The van der Waals surface area contributed by atoms with Crippen LogP contribution in [0.3, 0.4) is 0 Å². The highest BCUT2D eigenvalue weighted by Gasteiger charge is 2.40. The number of benzene rings is 3. The normalized spacial score (nSPS) is 12.7. The van der Waals surface area contributed by atoms with Gasteiger partial charge in [0.1, 0.15) is 0 Å². The van der Waals surface area contributed by atoms with Gasteiger partial charge in [-0.15, -0.1) is 0 Å². The Morgan fingerprint density at radius 3 is 1.62 bits per heavy atom. The molecule has 0 bridgehead atoms. The molecule has 1 unspecified atom stereocenters. The van der Waals surface area contributed by atoms with Crippen molar-refractivity contribution in [2.45, 2.75) is 42.8 Å². The highest BCUT2D eigenvalue weighted by molar-refractivity contribution is 9.09. The lowest BCUT2D eigenvalue weighted by Gasteiger charge is -2.38. The second-order valence-electron chi connectivity index (χ2n) is 6.90. The first-order valence-electron chi connectivity index (χ1n) is 9.61. The van der Waals surface area contributed by atoms with Crippen molar-refractivity contribution in [1.29, 1.82) is 0 Å². The molecule has 0 aromatic heterocycles. The van der Waals surface area contributed by atoms with E-state index in [1.807, 2.05) is 0 Å². The third-order valence-electron chi connectivity index (χ3n) is 5.17. The predicted molar refractivity (Wildman–Crippen MR) is 116 cm³/mol. The minimum absolute atomic E-state index is 0.232. The standard InChI is InChI=1S/C25H27Br/c1-2-3-7-20-24(21-14-8-4-9-15-21)25(26,22-16-10-5-11-17-22)23-18-12-6-13-19-23/h4-6,8-19,24H,2-3,7,20H2,1H3. The van der Waals surface area contributed by atoms with Gasteiger partial charge < -0.3 is 0 Å². The van der Waals surface area contributed by atoms with Crippen molar-refractivity contribution in [3.63, 3.8) is 0 Å². The maximum Gasteiger partial charge on any atom is 0.0822 e. The fourth-order valence-corrected chi connectivity index (χ4v) is 4.83. The second kappa shape index (κ2) is 9.19. The van der Waals surface area contributed by atoms with E-state index in [9.17, 15) is 0 Å². The van der Waals surface area contributed by atoms with Gasteiger partial charge in [-0.05, 0) is 23.1 Å². The maximum absolute atomic E-state index is 4.26.